The van der Waals surface area contributed by atoms with Gasteiger partial charge in [-0.25, -0.2) is 0 Å². The number of phenols is 1. The van der Waals surface area contributed by atoms with E-state index in [0.29, 0.717) is 5.69 Å². The van der Waals surface area contributed by atoms with Crippen molar-refractivity contribution >= 4 is 11.0 Å². The van der Waals surface area contributed by atoms with Crippen molar-refractivity contribution < 1.29 is 5.11 Å². The van der Waals surface area contributed by atoms with Crippen molar-refractivity contribution in [2.24, 2.45) is 0 Å². The Balaban J connectivity index is 2.19. The Bertz CT molecular complexity index is 1030. The zero-order valence-corrected chi connectivity index (χ0v) is 19.7. The molecule has 4 nitrogen and oxygen atoms in total. The van der Waals surface area contributed by atoms with Crippen molar-refractivity contribution in [2.45, 2.75) is 91.4 Å². The lowest BCUT2D eigenvalue weighted by Gasteiger charge is -2.30. The van der Waals surface area contributed by atoms with Crippen LogP contribution >= 0.6 is 0 Å². The third-order valence-electron chi connectivity index (χ3n) is 6.85. The monoisotopic (exact) mass is 407 g/mol. The molecule has 0 aliphatic carbocycles. The molecule has 0 unspecified atom stereocenters. The minimum atomic E-state index is -0.140. The Labute approximate surface area is 181 Å². The summed E-state index contributed by atoms with van der Waals surface area (Å²) in [7, 11) is 0. The molecule has 0 radical (unpaired) electrons. The minimum absolute atomic E-state index is 0.000912. The van der Waals surface area contributed by atoms with Gasteiger partial charge < -0.3 is 5.11 Å². The van der Waals surface area contributed by atoms with Gasteiger partial charge >= 0.3 is 0 Å². The van der Waals surface area contributed by atoms with E-state index in [1.54, 1.807) is 4.80 Å². The number of benzene rings is 2. The third kappa shape index (κ3) is 4.23. The third-order valence-corrected chi connectivity index (χ3v) is 6.85. The molecule has 1 heterocycles. The van der Waals surface area contributed by atoms with Gasteiger partial charge in [0.1, 0.15) is 22.5 Å². The zero-order valence-electron chi connectivity index (χ0n) is 19.7. The summed E-state index contributed by atoms with van der Waals surface area (Å²) in [5.41, 5.74) is 5.71. The summed E-state index contributed by atoms with van der Waals surface area (Å²) in [5, 5.41) is 20.7. The molecule has 0 spiro atoms. The topological polar surface area (TPSA) is 50.9 Å². The molecule has 0 atom stereocenters. The van der Waals surface area contributed by atoms with Crippen molar-refractivity contribution in [1.29, 1.82) is 0 Å². The maximum Gasteiger partial charge on any atom is 0.146 e. The van der Waals surface area contributed by atoms with Crippen LogP contribution in [0, 0.1) is 0 Å². The van der Waals surface area contributed by atoms with Crippen LogP contribution in [0.1, 0.15) is 90.8 Å². The second-order valence-electron chi connectivity index (χ2n) is 9.78. The maximum absolute atomic E-state index is 11.3. The summed E-state index contributed by atoms with van der Waals surface area (Å²) in [4.78, 5) is 1.62. The number of hydrogen-bond donors (Lipinski definition) is 1. The highest BCUT2D eigenvalue weighted by Crippen LogP contribution is 2.41. The van der Waals surface area contributed by atoms with Crippen LogP contribution in [0.4, 0.5) is 0 Å². The van der Waals surface area contributed by atoms with E-state index in [0.717, 1.165) is 35.9 Å². The van der Waals surface area contributed by atoms with E-state index in [4.69, 9.17) is 10.2 Å². The molecule has 0 saturated heterocycles. The van der Waals surface area contributed by atoms with Crippen LogP contribution in [0.25, 0.3) is 16.7 Å². The fourth-order valence-electron chi connectivity index (χ4n) is 3.68. The van der Waals surface area contributed by atoms with Gasteiger partial charge in [0.15, 0.2) is 0 Å². The molecule has 0 aliphatic rings. The lowest BCUT2D eigenvalue weighted by atomic mass is 9.76. The summed E-state index contributed by atoms with van der Waals surface area (Å²) in [6.07, 6.45) is 5.35. The van der Waals surface area contributed by atoms with E-state index in [1.165, 1.54) is 24.0 Å². The van der Waals surface area contributed by atoms with Gasteiger partial charge in [0.05, 0.1) is 0 Å². The summed E-state index contributed by atoms with van der Waals surface area (Å²) in [6.45, 7) is 15.4. The highest BCUT2D eigenvalue weighted by molar-refractivity contribution is 5.75. The molecule has 0 fully saturated rings. The van der Waals surface area contributed by atoms with Crippen molar-refractivity contribution in [2.75, 3.05) is 0 Å². The SMILES string of the molecule is CCCCc1ccc2nn(-c3cc(C(C)(C)CC)cc(C(C)(C)CC)c3O)nc2c1. The predicted molar refractivity (Wildman–Crippen MR) is 126 cm³/mol. The average molecular weight is 408 g/mol. The van der Waals surface area contributed by atoms with E-state index >= 15 is 0 Å². The Morgan fingerprint density at radius 1 is 0.867 bits per heavy atom. The molecule has 0 saturated carbocycles. The Hall–Kier alpha value is -2.36. The van der Waals surface area contributed by atoms with Crippen molar-refractivity contribution in [1.82, 2.24) is 15.0 Å². The Morgan fingerprint density at radius 3 is 2.17 bits per heavy atom. The first-order valence-electron chi connectivity index (χ1n) is 11.4. The van der Waals surface area contributed by atoms with Crippen LogP contribution in [-0.4, -0.2) is 20.1 Å². The van der Waals surface area contributed by atoms with Gasteiger partial charge in [-0.2, -0.15) is 0 Å². The van der Waals surface area contributed by atoms with E-state index in [9.17, 15) is 5.11 Å². The summed E-state index contributed by atoms with van der Waals surface area (Å²) >= 11 is 0. The Morgan fingerprint density at radius 2 is 1.53 bits per heavy atom. The van der Waals surface area contributed by atoms with E-state index in [-0.39, 0.29) is 16.6 Å². The number of fused-ring (bicyclic) bond motifs is 1. The first-order valence-corrected chi connectivity index (χ1v) is 11.4. The largest absolute Gasteiger partial charge is 0.505 e. The molecule has 0 aliphatic heterocycles. The lowest BCUT2D eigenvalue weighted by molar-refractivity contribution is 0.420. The molecule has 162 valence electrons. The number of rotatable bonds is 8. The maximum atomic E-state index is 11.3. The number of aromatic nitrogens is 3. The highest BCUT2D eigenvalue weighted by Gasteiger charge is 2.29. The number of aryl methyl sites for hydroxylation is 1. The molecular formula is C26H37N3O. The normalized spacial score (nSPS) is 12.6. The van der Waals surface area contributed by atoms with Crippen LogP contribution in [0.3, 0.4) is 0 Å². The average Bonchev–Trinajstić information content (AvgIpc) is 3.15. The minimum Gasteiger partial charge on any atom is -0.505 e. The van der Waals surface area contributed by atoms with Crippen LogP contribution < -0.4 is 0 Å². The second kappa shape index (κ2) is 8.41. The van der Waals surface area contributed by atoms with Gasteiger partial charge in [-0.1, -0.05) is 67.0 Å². The quantitative estimate of drug-likeness (QED) is 0.444. The van der Waals surface area contributed by atoms with Crippen LogP contribution in [0.15, 0.2) is 30.3 Å². The van der Waals surface area contributed by atoms with E-state index in [1.807, 2.05) is 6.07 Å². The van der Waals surface area contributed by atoms with Gasteiger partial charge in [-0.15, -0.1) is 15.0 Å². The van der Waals surface area contributed by atoms with Crippen molar-refractivity contribution in [3.63, 3.8) is 0 Å². The fraction of sp³-hybridized carbons (Fsp3) is 0.538. The van der Waals surface area contributed by atoms with Crippen LogP contribution in [-0.2, 0) is 17.3 Å². The predicted octanol–water partition coefficient (Wildman–Crippen LogP) is 6.84. The molecule has 0 bridgehead atoms. The fourth-order valence-corrected chi connectivity index (χ4v) is 3.68. The Kier molecular flexibility index (Phi) is 6.26. The molecule has 4 heteroatoms. The number of unbranched alkanes of at least 4 members (excludes halogenated alkanes) is 1. The van der Waals surface area contributed by atoms with Gasteiger partial charge in [0, 0.05) is 5.56 Å². The lowest BCUT2D eigenvalue weighted by Crippen LogP contribution is -2.21. The van der Waals surface area contributed by atoms with Crippen molar-refractivity contribution in [3.8, 4) is 11.4 Å². The summed E-state index contributed by atoms with van der Waals surface area (Å²) in [5.74, 6) is 0.281. The number of nitrogens with zero attached hydrogens (tertiary/aromatic N) is 3. The molecule has 2 aromatic carbocycles. The molecule has 1 aromatic heterocycles. The van der Waals surface area contributed by atoms with Crippen LogP contribution in [0.5, 0.6) is 5.75 Å². The summed E-state index contributed by atoms with van der Waals surface area (Å²) in [6, 6.07) is 10.5. The number of aromatic hydroxyl groups is 1. The van der Waals surface area contributed by atoms with E-state index < -0.39 is 0 Å². The van der Waals surface area contributed by atoms with Crippen LogP contribution in [0.2, 0.25) is 0 Å². The van der Waals surface area contributed by atoms with Crippen molar-refractivity contribution in [3.05, 3.63) is 47.0 Å². The van der Waals surface area contributed by atoms with Gasteiger partial charge in [-0.05, 0) is 65.8 Å². The molecule has 3 rings (SSSR count). The number of hydrogen-bond acceptors (Lipinski definition) is 3. The molecule has 0 amide bonds. The number of phenolic OH excluding ortho intramolecular Hbond substituents is 1. The first kappa shape index (κ1) is 22.3. The summed E-state index contributed by atoms with van der Waals surface area (Å²) < 4.78 is 0. The van der Waals surface area contributed by atoms with E-state index in [2.05, 4.69) is 72.7 Å². The van der Waals surface area contributed by atoms with Gasteiger partial charge in [0.2, 0.25) is 0 Å². The van der Waals surface area contributed by atoms with Gasteiger partial charge in [-0.3, -0.25) is 0 Å². The highest BCUT2D eigenvalue weighted by atomic mass is 16.3. The zero-order chi connectivity index (χ0) is 22.1. The first-order chi connectivity index (χ1) is 14.1. The second-order valence-corrected chi connectivity index (χ2v) is 9.78. The molecular weight excluding hydrogens is 370 g/mol. The van der Waals surface area contributed by atoms with Gasteiger partial charge in [0.25, 0.3) is 0 Å². The molecule has 30 heavy (non-hydrogen) atoms. The molecule has 3 aromatic rings. The standard InChI is InChI=1S/C26H37N3O/c1-8-11-12-18-13-14-21-22(15-18)28-29(27-21)23-17-19(25(4,5)9-2)16-20(24(23)30)26(6,7)10-3/h13-17,30H,8-12H2,1-7H3. The smallest absolute Gasteiger partial charge is 0.146 e. The molecule has 1 N–H and O–H groups in total.